The summed E-state index contributed by atoms with van der Waals surface area (Å²) in [5.41, 5.74) is 10.2. The highest BCUT2D eigenvalue weighted by atomic mass is 79.9. The molecule has 2 heteroatoms. The molecule has 0 aliphatic rings. The third-order valence-electron chi connectivity index (χ3n) is 2.34. The molecule has 0 unspecified atom stereocenters. The SMILES string of the molecule is Cc1ccc(N)c(-c2cccc(Br)c2)c1. The van der Waals surface area contributed by atoms with Crippen LogP contribution in [0.5, 0.6) is 0 Å². The topological polar surface area (TPSA) is 26.0 Å². The Morgan fingerprint density at radius 2 is 1.87 bits per heavy atom. The second-order valence-corrected chi connectivity index (χ2v) is 4.52. The van der Waals surface area contributed by atoms with Crippen molar-refractivity contribution in [2.24, 2.45) is 0 Å². The molecule has 0 radical (unpaired) electrons. The summed E-state index contributed by atoms with van der Waals surface area (Å²) in [5.74, 6) is 0. The highest BCUT2D eigenvalue weighted by Gasteiger charge is 2.02. The van der Waals surface area contributed by atoms with Crippen LogP contribution < -0.4 is 5.73 Å². The second-order valence-electron chi connectivity index (χ2n) is 3.60. The van der Waals surface area contributed by atoms with E-state index in [0.717, 1.165) is 21.3 Å². The molecule has 0 saturated heterocycles. The molecule has 15 heavy (non-hydrogen) atoms. The van der Waals surface area contributed by atoms with E-state index in [1.807, 2.05) is 24.3 Å². The molecule has 0 bridgehead atoms. The zero-order valence-corrected chi connectivity index (χ0v) is 10.1. The molecule has 2 aromatic carbocycles. The van der Waals surface area contributed by atoms with E-state index in [4.69, 9.17) is 5.73 Å². The minimum absolute atomic E-state index is 0.818. The molecular weight excluding hydrogens is 250 g/mol. The molecule has 2 N–H and O–H groups in total. The van der Waals surface area contributed by atoms with Crippen LogP contribution in [0.4, 0.5) is 5.69 Å². The quantitative estimate of drug-likeness (QED) is 0.772. The first-order valence-electron chi connectivity index (χ1n) is 4.79. The number of halogens is 1. The van der Waals surface area contributed by atoms with Gasteiger partial charge in [-0.15, -0.1) is 0 Å². The smallest absolute Gasteiger partial charge is 0.0393 e. The summed E-state index contributed by atoms with van der Waals surface area (Å²) in [5, 5.41) is 0. The predicted octanol–water partition coefficient (Wildman–Crippen LogP) is 4.01. The van der Waals surface area contributed by atoms with E-state index < -0.39 is 0 Å². The lowest BCUT2D eigenvalue weighted by atomic mass is 10.0. The summed E-state index contributed by atoms with van der Waals surface area (Å²) >= 11 is 3.46. The number of nitrogen functional groups attached to an aromatic ring is 1. The van der Waals surface area contributed by atoms with Crippen molar-refractivity contribution in [2.45, 2.75) is 6.92 Å². The van der Waals surface area contributed by atoms with Crippen molar-refractivity contribution < 1.29 is 0 Å². The Balaban J connectivity index is 2.58. The van der Waals surface area contributed by atoms with Gasteiger partial charge in [-0.3, -0.25) is 0 Å². The van der Waals surface area contributed by atoms with E-state index in [1.54, 1.807) is 0 Å². The first-order valence-corrected chi connectivity index (χ1v) is 5.58. The molecule has 2 aromatic rings. The van der Waals surface area contributed by atoms with Crippen molar-refractivity contribution >= 4 is 21.6 Å². The highest BCUT2D eigenvalue weighted by Crippen LogP contribution is 2.28. The number of hydrogen-bond donors (Lipinski definition) is 1. The number of benzene rings is 2. The lowest BCUT2D eigenvalue weighted by Gasteiger charge is -2.07. The summed E-state index contributed by atoms with van der Waals surface area (Å²) in [7, 11) is 0. The molecule has 0 amide bonds. The molecule has 76 valence electrons. The fourth-order valence-electron chi connectivity index (χ4n) is 1.58. The van der Waals surface area contributed by atoms with Crippen molar-refractivity contribution in [3.63, 3.8) is 0 Å². The number of rotatable bonds is 1. The van der Waals surface area contributed by atoms with Gasteiger partial charge in [-0.1, -0.05) is 39.7 Å². The lowest BCUT2D eigenvalue weighted by Crippen LogP contribution is -1.90. The Labute approximate surface area is 98.1 Å². The predicted molar refractivity (Wildman–Crippen MR) is 68.7 cm³/mol. The molecule has 2 rings (SSSR count). The molecular formula is C13H12BrN. The van der Waals surface area contributed by atoms with Gasteiger partial charge >= 0.3 is 0 Å². The molecule has 0 fully saturated rings. The Morgan fingerprint density at radius 1 is 1.07 bits per heavy atom. The summed E-state index contributed by atoms with van der Waals surface area (Å²) in [6.45, 7) is 2.07. The van der Waals surface area contributed by atoms with Crippen molar-refractivity contribution in [1.29, 1.82) is 0 Å². The fourth-order valence-corrected chi connectivity index (χ4v) is 1.98. The van der Waals surface area contributed by atoms with Crippen molar-refractivity contribution in [3.8, 4) is 11.1 Å². The zero-order chi connectivity index (χ0) is 10.8. The molecule has 0 heterocycles. The van der Waals surface area contributed by atoms with Crippen molar-refractivity contribution in [2.75, 3.05) is 5.73 Å². The average molecular weight is 262 g/mol. The van der Waals surface area contributed by atoms with Gasteiger partial charge in [-0.25, -0.2) is 0 Å². The van der Waals surface area contributed by atoms with Crippen LogP contribution in [0.3, 0.4) is 0 Å². The molecule has 0 atom stereocenters. The monoisotopic (exact) mass is 261 g/mol. The van der Waals surface area contributed by atoms with Crippen LogP contribution in [0.25, 0.3) is 11.1 Å². The van der Waals surface area contributed by atoms with E-state index in [9.17, 15) is 0 Å². The molecule has 1 nitrogen and oxygen atoms in total. The molecule has 0 spiro atoms. The molecule has 0 aliphatic heterocycles. The number of hydrogen-bond acceptors (Lipinski definition) is 1. The van der Waals surface area contributed by atoms with Crippen LogP contribution in [0.15, 0.2) is 46.9 Å². The van der Waals surface area contributed by atoms with Gasteiger partial charge in [-0.05, 0) is 36.8 Å². The first-order chi connectivity index (χ1) is 7.16. The summed E-state index contributed by atoms with van der Waals surface area (Å²) in [6, 6.07) is 14.2. The van der Waals surface area contributed by atoms with Crippen molar-refractivity contribution in [3.05, 3.63) is 52.5 Å². The zero-order valence-electron chi connectivity index (χ0n) is 8.50. The standard InChI is InChI=1S/C13H12BrN/c1-9-5-6-13(15)12(7-9)10-3-2-4-11(14)8-10/h2-8H,15H2,1H3. The Morgan fingerprint density at radius 3 is 2.60 bits per heavy atom. The minimum Gasteiger partial charge on any atom is -0.398 e. The molecule has 0 saturated carbocycles. The van der Waals surface area contributed by atoms with Gasteiger partial charge in [0.25, 0.3) is 0 Å². The van der Waals surface area contributed by atoms with Crippen molar-refractivity contribution in [1.82, 2.24) is 0 Å². The van der Waals surface area contributed by atoms with Crippen LogP contribution >= 0.6 is 15.9 Å². The van der Waals surface area contributed by atoms with E-state index in [2.05, 4.69) is 41.1 Å². The van der Waals surface area contributed by atoms with Gasteiger partial charge in [0.15, 0.2) is 0 Å². The van der Waals surface area contributed by atoms with E-state index >= 15 is 0 Å². The normalized spacial score (nSPS) is 10.3. The summed E-state index contributed by atoms with van der Waals surface area (Å²) in [6.07, 6.45) is 0. The largest absolute Gasteiger partial charge is 0.398 e. The van der Waals surface area contributed by atoms with Gasteiger partial charge in [-0.2, -0.15) is 0 Å². The minimum atomic E-state index is 0.818. The Kier molecular flexibility index (Phi) is 2.78. The van der Waals surface area contributed by atoms with Crippen LogP contribution in [-0.2, 0) is 0 Å². The number of anilines is 1. The van der Waals surface area contributed by atoms with Gasteiger partial charge in [0.1, 0.15) is 0 Å². The summed E-state index contributed by atoms with van der Waals surface area (Å²) in [4.78, 5) is 0. The van der Waals surface area contributed by atoms with Crippen LogP contribution in [0.2, 0.25) is 0 Å². The third kappa shape index (κ3) is 2.21. The fraction of sp³-hybridized carbons (Fsp3) is 0.0769. The van der Waals surface area contributed by atoms with Gasteiger partial charge in [0, 0.05) is 15.7 Å². The second kappa shape index (κ2) is 4.07. The number of aryl methyl sites for hydroxylation is 1. The van der Waals surface area contributed by atoms with Gasteiger partial charge in [0.2, 0.25) is 0 Å². The van der Waals surface area contributed by atoms with E-state index in [-0.39, 0.29) is 0 Å². The Bertz CT molecular complexity index is 492. The first kappa shape index (κ1) is 10.2. The van der Waals surface area contributed by atoms with Crippen LogP contribution in [0, 0.1) is 6.92 Å². The van der Waals surface area contributed by atoms with Crippen LogP contribution in [0.1, 0.15) is 5.56 Å². The van der Waals surface area contributed by atoms with E-state index in [1.165, 1.54) is 5.56 Å². The van der Waals surface area contributed by atoms with Gasteiger partial charge < -0.3 is 5.73 Å². The maximum atomic E-state index is 5.96. The maximum Gasteiger partial charge on any atom is 0.0393 e. The third-order valence-corrected chi connectivity index (χ3v) is 2.84. The van der Waals surface area contributed by atoms with Gasteiger partial charge in [0.05, 0.1) is 0 Å². The number of nitrogens with two attached hydrogens (primary N) is 1. The molecule has 0 aliphatic carbocycles. The maximum absolute atomic E-state index is 5.96. The lowest BCUT2D eigenvalue weighted by molar-refractivity contribution is 1.46. The van der Waals surface area contributed by atoms with E-state index in [0.29, 0.717) is 0 Å². The molecule has 0 aromatic heterocycles. The Hall–Kier alpha value is -1.28. The summed E-state index contributed by atoms with van der Waals surface area (Å²) < 4.78 is 1.07. The average Bonchev–Trinajstić information content (AvgIpc) is 2.22. The van der Waals surface area contributed by atoms with Crippen LogP contribution in [-0.4, -0.2) is 0 Å². The highest BCUT2D eigenvalue weighted by molar-refractivity contribution is 9.10.